The summed E-state index contributed by atoms with van der Waals surface area (Å²) in [5, 5.41) is 11.1. The van der Waals surface area contributed by atoms with Crippen LogP contribution in [0.1, 0.15) is 22.8 Å². The normalized spacial score (nSPS) is 12.0. The molecule has 0 atom stereocenters. The van der Waals surface area contributed by atoms with Crippen molar-refractivity contribution in [2.24, 2.45) is 19.1 Å². The van der Waals surface area contributed by atoms with Crippen LogP contribution in [0.3, 0.4) is 0 Å². The number of hydrogen-bond acceptors (Lipinski definition) is 3. The van der Waals surface area contributed by atoms with Crippen molar-refractivity contribution in [1.29, 1.82) is 0 Å². The van der Waals surface area contributed by atoms with Gasteiger partial charge < -0.3 is 15.2 Å². The molecular formula is C18H25N7. The van der Waals surface area contributed by atoms with Crippen molar-refractivity contribution in [2.75, 3.05) is 7.05 Å². The molecule has 0 aliphatic rings. The van der Waals surface area contributed by atoms with Crippen molar-refractivity contribution >= 4 is 17.0 Å². The molecule has 0 unspecified atom stereocenters. The van der Waals surface area contributed by atoms with E-state index in [1.54, 1.807) is 7.05 Å². The first-order valence-corrected chi connectivity index (χ1v) is 8.35. The van der Waals surface area contributed by atoms with E-state index in [4.69, 9.17) is 0 Å². The van der Waals surface area contributed by atoms with Crippen molar-refractivity contribution in [2.45, 2.75) is 26.9 Å². The fourth-order valence-corrected chi connectivity index (χ4v) is 2.98. The Hall–Kier alpha value is -2.83. The summed E-state index contributed by atoms with van der Waals surface area (Å²) in [4.78, 5) is 8.97. The van der Waals surface area contributed by atoms with Gasteiger partial charge in [-0.05, 0) is 26.0 Å². The Morgan fingerprint density at radius 3 is 2.48 bits per heavy atom. The number of fused-ring (bicyclic) bond motifs is 1. The largest absolute Gasteiger partial charge is 0.352 e. The molecule has 0 amide bonds. The number of aromatic nitrogens is 4. The molecule has 0 aliphatic carbocycles. The predicted molar refractivity (Wildman–Crippen MR) is 100 cm³/mol. The van der Waals surface area contributed by atoms with Crippen LogP contribution in [0.15, 0.2) is 29.3 Å². The average Bonchev–Trinajstić information content (AvgIpc) is 3.05. The molecule has 0 spiro atoms. The maximum absolute atomic E-state index is 4.67. The quantitative estimate of drug-likeness (QED) is 0.561. The molecule has 2 heterocycles. The molecule has 7 nitrogen and oxygen atoms in total. The van der Waals surface area contributed by atoms with Gasteiger partial charge in [0.05, 0.1) is 23.3 Å². The van der Waals surface area contributed by atoms with Crippen LogP contribution < -0.4 is 10.6 Å². The number of nitrogens with zero attached hydrogens (tertiary/aromatic N) is 5. The third kappa shape index (κ3) is 3.35. The van der Waals surface area contributed by atoms with Gasteiger partial charge in [-0.1, -0.05) is 12.1 Å². The summed E-state index contributed by atoms with van der Waals surface area (Å²) >= 11 is 0. The number of guanidine groups is 1. The molecule has 3 rings (SSSR count). The lowest BCUT2D eigenvalue weighted by Gasteiger charge is -2.12. The summed E-state index contributed by atoms with van der Waals surface area (Å²) in [5.41, 5.74) is 5.54. The summed E-state index contributed by atoms with van der Waals surface area (Å²) in [6, 6.07) is 8.14. The lowest BCUT2D eigenvalue weighted by molar-refractivity contribution is 0.725. The monoisotopic (exact) mass is 339 g/mol. The molecule has 132 valence electrons. The van der Waals surface area contributed by atoms with E-state index < -0.39 is 0 Å². The number of nitrogens with one attached hydrogen (secondary N) is 2. The molecule has 3 aromatic rings. The molecule has 0 saturated heterocycles. The van der Waals surface area contributed by atoms with Gasteiger partial charge in [0.1, 0.15) is 5.82 Å². The van der Waals surface area contributed by atoms with Gasteiger partial charge in [0.15, 0.2) is 5.96 Å². The minimum atomic E-state index is 0.607. The molecule has 0 fully saturated rings. The number of rotatable bonds is 4. The smallest absolute Gasteiger partial charge is 0.191 e. The summed E-state index contributed by atoms with van der Waals surface area (Å²) in [6.45, 7) is 5.40. The van der Waals surface area contributed by atoms with Crippen LogP contribution in [-0.2, 0) is 27.2 Å². The Labute approximate surface area is 147 Å². The molecular weight excluding hydrogens is 314 g/mol. The number of hydrogen-bond donors (Lipinski definition) is 2. The third-order valence-corrected chi connectivity index (χ3v) is 4.61. The first-order chi connectivity index (χ1) is 12.0. The SMILES string of the molecule is CN=C(NCc1c(C)nn(C)c1C)NCc1nc2ccccc2n1C. The van der Waals surface area contributed by atoms with E-state index in [0.717, 1.165) is 34.2 Å². The van der Waals surface area contributed by atoms with E-state index in [1.807, 2.05) is 43.9 Å². The second kappa shape index (κ2) is 6.96. The highest BCUT2D eigenvalue weighted by Gasteiger charge is 2.11. The minimum absolute atomic E-state index is 0.607. The summed E-state index contributed by atoms with van der Waals surface area (Å²) in [7, 11) is 5.77. The Balaban J connectivity index is 1.65. The zero-order chi connectivity index (χ0) is 18.0. The highest BCUT2D eigenvalue weighted by atomic mass is 15.3. The van der Waals surface area contributed by atoms with Crippen LogP contribution >= 0.6 is 0 Å². The number of aryl methyl sites for hydroxylation is 3. The zero-order valence-electron chi connectivity index (χ0n) is 15.5. The standard InChI is InChI=1S/C18H25N7/c1-12-14(13(2)25(5)23-12)10-20-18(19-3)21-11-17-22-15-8-6-7-9-16(15)24(17)4/h6-9H,10-11H2,1-5H3,(H2,19,20,21). The lowest BCUT2D eigenvalue weighted by Crippen LogP contribution is -2.37. The van der Waals surface area contributed by atoms with Crippen molar-refractivity contribution < 1.29 is 0 Å². The van der Waals surface area contributed by atoms with Crippen LogP contribution in [-0.4, -0.2) is 32.3 Å². The molecule has 7 heteroatoms. The highest BCUT2D eigenvalue weighted by molar-refractivity contribution is 5.80. The maximum atomic E-state index is 4.67. The van der Waals surface area contributed by atoms with Crippen LogP contribution in [0.4, 0.5) is 0 Å². The van der Waals surface area contributed by atoms with E-state index in [1.165, 1.54) is 5.56 Å². The van der Waals surface area contributed by atoms with Crippen molar-refractivity contribution in [1.82, 2.24) is 30.0 Å². The Morgan fingerprint density at radius 1 is 1.12 bits per heavy atom. The minimum Gasteiger partial charge on any atom is -0.352 e. The molecule has 0 aliphatic heterocycles. The van der Waals surface area contributed by atoms with Gasteiger partial charge in [-0.25, -0.2) is 4.98 Å². The van der Waals surface area contributed by atoms with Gasteiger partial charge in [-0.15, -0.1) is 0 Å². The first kappa shape index (κ1) is 17.0. The molecule has 0 bridgehead atoms. The predicted octanol–water partition coefficient (Wildman–Crippen LogP) is 1.79. The Bertz CT molecular complexity index is 917. The van der Waals surface area contributed by atoms with E-state index in [9.17, 15) is 0 Å². The van der Waals surface area contributed by atoms with Crippen LogP contribution in [0.2, 0.25) is 0 Å². The fourth-order valence-electron chi connectivity index (χ4n) is 2.98. The van der Waals surface area contributed by atoms with Gasteiger partial charge >= 0.3 is 0 Å². The summed E-state index contributed by atoms with van der Waals surface area (Å²) in [5.74, 6) is 1.72. The number of benzene rings is 1. The van der Waals surface area contributed by atoms with E-state index in [0.29, 0.717) is 13.1 Å². The van der Waals surface area contributed by atoms with Crippen LogP contribution in [0.5, 0.6) is 0 Å². The summed E-state index contributed by atoms with van der Waals surface area (Å²) < 4.78 is 4.01. The number of para-hydroxylation sites is 2. The van der Waals surface area contributed by atoms with Crippen LogP contribution in [0, 0.1) is 13.8 Å². The van der Waals surface area contributed by atoms with E-state index in [-0.39, 0.29) is 0 Å². The van der Waals surface area contributed by atoms with E-state index in [2.05, 4.69) is 43.3 Å². The average molecular weight is 339 g/mol. The number of imidazole rings is 1. The molecule has 25 heavy (non-hydrogen) atoms. The Morgan fingerprint density at radius 2 is 1.84 bits per heavy atom. The molecule has 0 radical (unpaired) electrons. The van der Waals surface area contributed by atoms with E-state index >= 15 is 0 Å². The maximum Gasteiger partial charge on any atom is 0.191 e. The molecule has 2 aromatic heterocycles. The second-order valence-corrected chi connectivity index (χ2v) is 6.13. The molecule has 0 saturated carbocycles. The summed E-state index contributed by atoms with van der Waals surface area (Å²) in [6.07, 6.45) is 0. The van der Waals surface area contributed by atoms with Crippen molar-refractivity contribution in [3.63, 3.8) is 0 Å². The van der Waals surface area contributed by atoms with Gasteiger partial charge in [-0.2, -0.15) is 5.10 Å². The first-order valence-electron chi connectivity index (χ1n) is 8.35. The number of aliphatic imine (C=N–C) groups is 1. The third-order valence-electron chi connectivity index (χ3n) is 4.61. The zero-order valence-corrected chi connectivity index (χ0v) is 15.5. The van der Waals surface area contributed by atoms with Crippen LogP contribution in [0.25, 0.3) is 11.0 Å². The molecule has 1 aromatic carbocycles. The second-order valence-electron chi connectivity index (χ2n) is 6.13. The highest BCUT2D eigenvalue weighted by Crippen LogP contribution is 2.14. The molecule has 2 N–H and O–H groups in total. The fraction of sp³-hybridized carbons (Fsp3) is 0.389. The van der Waals surface area contributed by atoms with Gasteiger partial charge in [-0.3, -0.25) is 9.67 Å². The van der Waals surface area contributed by atoms with Gasteiger partial charge in [0, 0.05) is 38.9 Å². The van der Waals surface area contributed by atoms with Crippen molar-refractivity contribution in [3.05, 3.63) is 47.0 Å². The van der Waals surface area contributed by atoms with Gasteiger partial charge in [0.25, 0.3) is 0 Å². The lowest BCUT2D eigenvalue weighted by atomic mass is 10.2. The Kier molecular flexibility index (Phi) is 4.74. The van der Waals surface area contributed by atoms with Crippen molar-refractivity contribution in [3.8, 4) is 0 Å². The van der Waals surface area contributed by atoms with Gasteiger partial charge in [0.2, 0.25) is 0 Å². The topological polar surface area (TPSA) is 72.1 Å².